The molecule has 2 aromatic heterocycles. The number of nitrogens with zero attached hydrogens (tertiary/aromatic N) is 4. The van der Waals surface area contributed by atoms with E-state index in [2.05, 4.69) is 20.4 Å². The molecule has 0 saturated heterocycles. The van der Waals surface area contributed by atoms with Gasteiger partial charge in [0, 0.05) is 0 Å². The molecule has 2 aromatic rings. The van der Waals surface area contributed by atoms with Gasteiger partial charge in [0.1, 0.15) is 18.2 Å². The fraction of sp³-hybridized carbons (Fsp3) is 0. The Morgan fingerprint density at radius 2 is 2.38 bits per heavy atom. The summed E-state index contributed by atoms with van der Waals surface area (Å²) in [6.45, 7) is 0. The van der Waals surface area contributed by atoms with Crippen LogP contribution in [0.1, 0.15) is 0 Å². The summed E-state index contributed by atoms with van der Waals surface area (Å²) in [5.41, 5.74) is 8.37. The molecule has 0 fully saturated rings. The van der Waals surface area contributed by atoms with Crippen molar-refractivity contribution in [1.29, 1.82) is 0 Å². The highest BCUT2D eigenvalue weighted by Crippen LogP contribution is 2.04. The molecule has 0 saturated carbocycles. The van der Waals surface area contributed by atoms with Gasteiger partial charge in [-0.1, -0.05) is 0 Å². The fourth-order valence-electron chi connectivity index (χ4n) is 0.968. The van der Waals surface area contributed by atoms with Crippen molar-refractivity contribution in [3.05, 3.63) is 18.9 Å². The van der Waals surface area contributed by atoms with Gasteiger partial charge < -0.3 is 5.73 Å². The van der Waals surface area contributed by atoms with Gasteiger partial charge in [0.05, 0.1) is 6.20 Å². The molecule has 0 aliphatic rings. The topological polar surface area (TPSA) is 98.7 Å². The smallest absolute Gasteiger partial charge is 0.331 e. The first-order chi connectivity index (χ1) is 6.27. The van der Waals surface area contributed by atoms with Crippen molar-refractivity contribution in [1.82, 2.24) is 19.6 Å². The average molecular weight is 178 g/mol. The number of imidazole rings is 1. The maximum Gasteiger partial charge on any atom is 0.331 e. The Morgan fingerprint density at radius 3 is 3.15 bits per heavy atom. The molecule has 7 nitrogen and oxygen atoms in total. The molecule has 2 heterocycles. The zero-order valence-corrected chi connectivity index (χ0v) is 6.51. The lowest BCUT2D eigenvalue weighted by molar-refractivity contribution is 0.257. The number of urea groups is 1. The molecule has 7 heteroatoms. The summed E-state index contributed by atoms with van der Waals surface area (Å²) in [7, 11) is 0. The van der Waals surface area contributed by atoms with E-state index in [9.17, 15) is 4.79 Å². The van der Waals surface area contributed by atoms with Crippen molar-refractivity contribution in [2.75, 3.05) is 5.43 Å². The first-order valence-corrected chi connectivity index (χ1v) is 3.47. The summed E-state index contributed by atoms with van der Waals surface area (Å²) in [5, 5.41) is 0. The molecule has 0 unspecified atom stereocenters. The Bertz CT molecular complexity index is 449. The lowest BCUT2D eigenvalue weighted by Gasteiger charge is -2.00. The molecule has 0 radical (unpaired) electrons. The SMILES string of the molecule is NC(=O)Nn1cnc2cncnc21. The van der Waals surface area contributed by atoms with Gasteiger partial charge in [-0.15, -0.1) is 0 Å². The molecular formula is C6H6N6O. The highest BCUT2D eigenvalue weighted by atomic mass is 16.2. The number of nitrogens with two attached hydrogens (primary N) is 1. The summed E-state index contributed by atoms with van der Waals surface area (Å²) < 4.78 is 1.33. The molecule has 2 amide bonds. The first kappa shape index (κ1) is 7.47. The molecule has 3 N–H and O–H groups in total. The molecule has 2 rings (SSSR count). The number of fused-ring (bicyclic) bond motifs is 1. The second kappa shape index (κ2) is 2.70. The van der Waals surface area contributed by atoms with Crippen LogP contribution in [0.3, 0.4) is 0 Å². The van der Waals surface area contributed by atoms with Crippen LogP contribution in [0.15, 0.2) is 18.9 Å². The quantitative estimate of drug-likeness (QED) is 0.611. The van der Waals surface area contributed by atoms with Crippen molar-refractivity contribution in [2.45, 2.75) is 0 Å². The number of amides is 2. The maximum atomic E-state index is 10.5. The van der Waals surface area contributed by atoms with Crippen molar-refractivity contribution in [2.24, 2.45) is 5.73 Å². The molecule has 0 aromatic carbocycles. The molecule has 0 aliphatic heterocycles. The molecule has 0 atom stereocenters. The van der Waals surface area contributed by atoms with Crippen molar-refractivity contribution in [3.63, 3.8) is 0 Å². The van der Waals surface area contributed by atoms with Gasteiger partial charge in [-0.25, -0.2) is 29.8 Å². The Kier molecular flexibility index (Phi) is 1.55. The van der Waals surface area contributed by atoms with E-state index in [1.807, 2.05) is 0 Å². The Balaban J connectivity index is 2.51. The normalized spacial score (nSPS) is 10.2. The molecule has 13 heavy (non-hydrogen) atoms. The van der Waals surface area contributed by atoms with Crippen LogP contribution in [-0.2, 0) is 0 Å². The van der Waals surface area contributed by atoms with Gasteiger partial charge >= 0.3 is 6.03 Å². The van der Waals surface area contributed by atoms with E-state index >= 15 is 0 Å². The van der Waals surface area contributed by atoms with Gasteiger partial charge in [-0.05, 0) is 0 Å². The second-order valence-electron chi connectivity index (χ2n) is 2.32. The largest absolute Gasteiger partial charge is 0.350 e. The first-order valence-electron chi connectivity index (χ1n) is 3.47. The standard InChI is InChI=1S/C6H6N6O/c7-6(13)11-12-3-10-4-1-8-2-9-5(4)12/h1-3H,(H3,7,11,13). The Hall–Kier alpha value is -2.18. The van der Waals surface area contributed by atoms with Crippen LogP contribution in [0.25, 0.3) is 11.2 Å². The van der Waals surface area contributed by atoms with Crippen LogP contribution < -0.4 is 11.2 Å². The number of hydrogen-bond acceptors (Lipinski definition) is 4. The molecular weight excluding hydrogens is 172 g/mol. The average Bonchev–Trinajstić information content (AvgIpc) is 2.48. The van der Waals surface area contributed by atoms with Crippen molar-refractivity contribution >= 4 is 17.2 Å². The highest BCUT2D eigenvalue weighted by Gasteiger charge is 2.03. The lowest BCUT2D eigenvalue weighted by atomic mass is 10.6. The minimum atomic E-state index is -0.669. The predicted octanol–water partition coefficient (Wildman–Crippen LogP) is -0.552. The van der Waals surface area contributed by atoms with Crippen LogP contribution in [-0.4, -0.2) is 25.7 Å². The van der Waals surface area contributed by atoms with E-state index in [4.69, 9.17) is 5.73 Å². The number of nitrogens with one attached hydrogen (secondary N) is 1. The highest BCUT2D eigenvalue weighted by molar-refractivity contribution is 5.82. The summed E-state index contributed by atoms with van der Waals surface area (Å²) in [6.07, 6.45) is 4.31. The molecule has 0 spiro atoms. The third kappa shape index (κ3) is 1.26. The van der Waals surface area contributed by atoms with Gasteiger partial charge in [0.2, 0.25) is 0 Å². The number of aromatic nitrogens is 4. The van der Waals surface area contributed by atoms with E-state index in [-0.39, 0.29) is 0 Å². The molecule has 66 valence electrons. The van der Waals surface area contributed by atoms with Crippen LogP contribution in [0.5, 0.6) is 0 Å². The van der Waals surface area contributed by atoms with Gasteiger partial charge in [-0.2, -0.15) is 0 Å². The van der Waals surface area contributed by atoms with Gasteiger partial charge in [0.15, 0.2) is 5.65 Å². The van der Waals surface area contributed by atoms with Crippen molar-refractivity contribution in [3.8, 4) is 0 Å². The second-order valence-corrected chi connectivity index (χ2v) is 2.32. The minimum Gasteiger partial charge on any atom is -0.350 e. The third-order valence-corrected chi connectivity index (χ3v) is 1.44. The number of primary amides is 1. The monoisotopic (exact) mass is 178 g/mol. The lowest BCUT2D eigenvalue weighted by Crippen LogP contribution is -2.27. The maximum absolute atomic E-state index is 10.5. The minimum absolute atomic E-state index is 0.508. The fourth-order valence-corrected chi connectivity index (χ4v) is 0.968. The molecule has 0 aliphatic carbocycles. The third-order valence-electron chi connectivity index (χ3n) is 1.44. The van der Waals surface area contributed by atoms with Gasteiger partial charge in [-0.3, -0.25) is 0 Å². The van der Waals surface area contributed by atoms with E-state index in [0.29, 0.717) is 11.2 Å². The summed E-state index contributed by atoms with van der Waals surface area (Å²) >= 11 is 0. The Morgan fingerprint density at radius 1 is 1.54 bits per heavy atom. The zero-order valence-electron chi connectivity index (χ0n) is 6.51. The number of carbonyl (C=O) groups is 1. The van der Waals surface area contributed by atoms with Crippen LogP contribution in [0.4, 0.5) is 4.79 Å². The van der Waals surface area contributed by atoms with Crippen LogP contribution in [0.2, 0.25) is 0 Å². The van der Waals surface area contributed by atoms with E-state index in [1.54, 1.807) is 6.20 Å². The summed E-state index contributed by atoms with van der Waals surface area (Å²) in [5.74, 6) is 0. The van der Waals surface area contributed by atoms with Gasteiger partial charge in [0.25, 0.3) is 0 Å². The van der Waals surface area contributed by atoms with Crippen molar-refractivity contribution < 1.29 is 4.79 Å². The van der Waals surface area contributed by atoms with Crippen LogP contribution >= 0.6 is 0 Å². The Labute approximate surface area is 72.6 Å². The van der Waals surface area contributed by atoms with E-state index in [1.165, 1.54) is 17.3 Å². The summed E-state index contributed by atoms with van der Waals surface area (Å²) in [6, 6.07) is -0.669. The number of hydrogen-bond donors (Lipinski definition) is 2. The van der Waals surface area contributed by atoms with E-state index < -0.39 is 6.03 Å². The van der Waals surface area contributed by atoms with Crippen LogP contribution in [0, 0.1) is 0 Å². The predicted molar refractivity (Wildman–Crippen MR) is 44.3 cm³/mol. The number of carbonyl (C=O) groups excluding carboxylic acids is 1. The zero-order chi connectivity index (χ0) is 9.26. The number of rotatable bonds is 1. The summed E-state index contributed by atoms with van der Waals surface area (Å²) in [4.78, 5) is 22.2. The molecule has 0 bridgehead atoms. The van der Waals surface area contributed by atoms with E-state index in [0.717, 1.165) is 0 Å².